The monoisotopic (exact) mass is 388 g/mol. The predicted octanol–water partition coefficient (Wildman–Crippen LogP) is 7.20. The molecule has 0 amide bonds. The van der Waals surface area contributed by atoms with Gasteiger partial charge in [0.05, 0.1) is 5.56 Å². The number of aryl methyl sites for hydroxylation is 2. The topological polar surface area (TPSA) is 9.23 Å². The van der Waals surface area contributed by atoms with Crippen molar-refractivity contribution < 1.29 is 22.3 Å². The molecule has 0 radical (unpaired) electrons. The zero-order valence-corrected chi connectivity index (χ0v) is 15.2. The molecule has 0 aliphatic carbocycles. The van der Waals surface area contributed by atoms with E-state index in [2.05, 4.69) is 0 Å². The van der Waals surface area contributed by atoms with Gasteiger partial charge in [0.1, 0.15) is 5.75 Å². The predicted molar refractivity (Wildman–Crippen MR) is 101 cm³/mol. The molecule has 5 heteroatoms. The molecule has 0 saturated heterocycles. The highest BCUT2D eigenvalue weighted by Crippen LogP contribution is 2.29. The van der Waals surface area contributed by atoms with Gasteiger partial charge in [-0.3, -0.25) is 0 Å². The summed E-state index contributed by atoms with van der Waals surface area (Å²) in [4.78, 5) is 0. The van der Waals surface area contributed by atoms with Gasteiger partial charge in [0.25, 0.3) is 0 Å². The summed E-state index contributed by atoms with van der Waals surface area (Å²) in [5.74, 6) is 0.338. The molecule has 0 aliphatic rings. The minimum Gasteiger partial charge on any atom is -0.454 e. The van der Waals surface area contributed by atoms with Crippen molar-refractivity contribution in [3.63, 3.8) is 0 Å². The van der Waals surface area contributed by atoms with Crippen molar-refractivity contribution in [2.45, 2.75) is 31.9 Å². The van der Waals surface area contributed by atoms with Gasteiger partial charge in [0.15, 0.2) is 11.6 Å². The van der Waals surface area contributed by atoms with E-state index in [0.29, 0.717) is 12.2 Å². The fourth-order valence-electron chi connectivity index (χ4n) is 2.92. The normalized spacial score (nSPS) is 11.4. The maximum absolute atomic E-state index is 14.0. The minimum atomic E-state index is -4.30. The third kappa shape index (κ3) is 5.59. The van der Waals surface area contributed by atoms with Crippen molar-refractivity contribution in [1.29, 1.82) is 0 Å². The zero-order valence-electron chi connectivity index (χ0n) is 15.2. The van der Waals surface area contributed by atoms with Gasteiger partial charge < -0.3 is 4.74 Å². The third-order valence-electron chi connectivity index (χ3n) is 4.43. The number of benzene rings is 3. The Morgan fingerprint density at radius 3 is 1.96 bits per heavy atom. The molecule has 0 N–H and O–H groups in total. The van der Waals surface area contributed by atoms with Crippen LogP contribution in [-0.2, 0) is 19.0 Å². The van der Waals surface area contributed by atoms with Gasteiger partial charge in [0.2, 0.25) is 0 Å². The van der Waals surface area contributed by atoms with Crippen LogP contribution in [0.15, 0.2) is 72.8 Å². The SMILES string of the molecule is Fc1ccc(CCCCc2ccc(C(F)(F)F)cc2)cc1Oc1ccccc1. The highest BCUT2D eigenvalue weighted by atomic mass is 19.4. The summed E-state index contributed by atoms with van der Waals surface area (Å²) >= 11 is 0. The Labute approximate surface area is 161 Å². The Balaban J connectivity index is 1.51. The highest BCUT2D eigenvalue weighted by molar-refractivity contribution is 5.35. The van der Waals surface area contributed by atoms with Gasteiger partial charge in [-0.1, -0.05) is 36.4 Å². The molecule has 0 unspecified atom stereocenters. The fourth-order valence-corrected chi connectivity index (χ4v) is 2.92. The number of ether oxygens (including phenoxy) is 1. The van der Waals surface area contributed by atoms with Gasteiger partial charge >= 0.3 is 6.18 Å². The lowest BCUT2D eigenvalue weighted by Crippen LogP contribution is -2.04. The van der Waals surface area contributed by atoms with Crippen LogP contribution in [0.1, 0.15) is 29.5 Å². The van der Waals surface area contributed by atoms with E-state index in [4.69, 9.17) is 4.74 Å². The number of rotatable bonds is 7. The average Bonchev–Trinajstić information content (AvgIpc) is 2.68. The molecular formula is C23H20F4O. The van der Waals surface area contributed by atoms with Crippen LogP contribution in [0.4, 0.5) is 17.6 Å². The van der Waals surface area contributed by atoms with E-state index < -0.39 is 17.6 Å². The summed E-state index contributed by atoms with van der Waals surface area (Å²) in [6.45, 7) is 0. The summed E-state index contributed by atoms with van der Waals surface area (Å²) in [7, 11) is 0. The quantitative estimate of drug-likeness (QED) is 0.307. The second-order valence-electron chi connectivity index (χ2n) is 6.58. The van der Waals surface area contributed by atoms with Crippen LogP contribution in [0.25, 0.3) is 0 Å². The van der Waals surface area contributed by atoms with E-state index in [1.165, 1.54) is 18.2 Å². The Kier molecular flexibility index (Phi) is 6.34. The molecule has 0 spiro atoms. The largest absolute Gasteiger partial charge is 0.454 e. The van der Waals surface area contributed by atoms with Crippen LogP contribution in [0.5, 0.6) is 11.5 Å². The van der Waals surface area contributed by atoms with Crippen LogP contribution >= 0.6 is 0 Å². The van der Waals surface area contributed by atoms with Crippen LogP contribution in [-0.4, -0.2) is 0 Å². The van der Waals surface area contributed by atoms with E-state index in [9.17, 15) is 17.6 Å². The van der Waals surface area contributed by atoms with Gasteiger partial charge in [-0.2, -0.15) is 13.2 Å². The molecule has 28 heavy (non-hydrogen) atoms. The number of para-hydroxylation sites is 1. The lowest BCUT2D eigenvalue weighted by atomic mass is 10.0. The van der Waals surface area contributed by atoms with E-state index in [1.54, 1.807) is 24.3 Å². The van der Waals surface area contributed by atoms with Crippen LogP contribution in [0.2, 0.25) is 0 Å². The molecule has 0 heterocycles. The summed E-state index contributed by atoms with van der Waals surface area (Å²) < 4.78 is 57.3. The smallest absolute Gasteiger partial charge is 0.416 e. The number of hydrogen-bond donors (Lipinski definition) is 0. The summed E-state index contributed by atoms with van der Waals surface area (Å²) in [6, 6.07) is 19.1. The summed E-state index contributed by atoms with van der Waals surface area (Å²) in [5.41, 5.74) is 1.20. The first kappa shape index (κ1) is 19.9. The first-order valence-electron chi connectivity index (χ1n) is 9.09. The first-order valence-corrected chi connectivity index (χ1v) is 9.09. The molecule has 0 bridgehead atoms. The van der Waals surface area contributed by atoms with E-state index in [0.717, 1.165) is 42.5 Å². The van der Waals surface area contributed by atoms with Gasteiger partial charge in [-0.15, -0.1) is 0 Å². The van der Waals surface area contributed by atoms with Crippen molar-refractivity contribution in [3.8, 4) is 11.5 Å². The molecule has 0 atom stereocenters. The molecule has 3 rings (SSSR count). The fraction of sp³-hybridized carbons (Fsp3) is 0.217. The summed E-state index contributed by atoms with van der Waals surface area (Å²) in [5, 5.41) is 0. The second kappa shape index (κ2) is 8.91. The molecule has 0 saturated carbocycles. The maximum Gasteiger partial charge on any atom is 0.416 e. The van der Waals surface area contributed by atoms with Gasteiger partial charge in [-0.25, -0.2) is 4.39 Å². The summed E-state index contributed by atoms with van der Waals surface area (Å²) in [6.07, 6.45) is -1.19. The van der Waals surface area contributed by atoms with Crippen molar-refractivity contribution in [1.82, 2.24) is 0 Å². The van der Waals surface area contributed by atoms with E-state index >= 15 is 0 Å². The third-order valence-corrected chi connectivity index (χ3v) is 4.43. The van der Waals surface area contributed by atoms with Crippen LogP contribution in [0.3, 0.4) is 0 Å². The molecule has 146 valence electrons. The Morgan fingerprint density at radius 1 is 0.714 bits per heavy atom. The molecule has 3 aromatic rings. The van der Waals surface area contributed by atoms with Crippen LogP contribution in [0, 0.1) is 5.82 Å². The Morgan fingerprint density at radius 2 is 1.32 bits per heavy atom. The maximum atomic E-state index is 14.0. The lowest BCUT2D eigenvalue weighted by molar-refractivity contribution is -0.137. The Hall–Kier alpha value is -2.82. The van der Waals surface area contributed by atoms with Gasteiger partial charge in [-0.05, 0) is 73.2 Å². The van der Waals surface area contributed by atoms with Crippen molar-refractivity contribution >= 4 is 0 Å². The molecule has 3 aromatic carbocycles. The molecular weight excluding hydrogens is 368 g/mol. The first-order chi connectivity index (χ1) is 13.4. The molecule has 0 fully saturated rings. The number of alkyl halides is 3. The Bertz CT molecular complexity index is 887. The number of hydrogen-bond acceptors (Lipinski definition) is 1. The molecule has 0 aromatic heterocycles. The standard InChI is InChI=1S/C23H20F4O/c24-21-15-12-18(16-22(21)28-20-8-2-1-3-9-20)7-5-4-6-17-10-13-19(14-11-17)23(25,26)27/h1-3,8-16H,4-7H2. The molecule has 0 aliphatic heterocycles. The lowest BCUT2D eigenvalue weighted by Gasteiger charge is -2.09. The second-order valence-corrected chi connectivity index (χ2v) is 6.58. The van der Waals surface area contributed by atoms with E-state index in [-0.39, 0.29) is 5.75 Å². The number of halogens is 4. The van der Waals surface area contributed by atoms with Gasteiger partial charge in [0, 0.05) is 0 Å². The number of unbranched alkanes of at least 4 members (excludes halogenated alkanes) is 1. The van der Waals surface area contributed by atoms with Crippen molar-refractivity contribution in [3.05, 3.63) is 95.3 Å². The highest BCUT2D eigenvalue weighted by Gasteiger charge is 2.29. The minimum absolute atomic E-state index is 0.187. The van der Waals surface area contributed by atoms with Crippen molar-refractivity contribution in [2.75, 3.05) is 0 Å². The van der Waals surface area contributed by atoms with Crippen LogP contribution < -0.4 is 4.74 Å². The molecule has 1 nitrogen and oxygen atoms in total. The zero-order chi connectivity index (χ0) is 20.0. The average molecular weight is 388 g/mol. The van der Waals surface area contributed by atoms with E-state index in [1.807, 2.05) is 18.2 Å². The van der Waals surface area contributed by atoms with Crippen molar-refractivity contribution in [2.24, 2.45) is 0 Å².